The number of carbonyl (C=O) groups excluding carboxylic acids is 1. The molecule has 1 saturated carbocycles. The van der Waals surface area contributed by atoms with Crippen molar-refractivity contribution >= 4 is 34.5 Å². The van der Waals surface area contributed by atoms with Gasteiger partial charge >= 0.3 is 0 Å². The molecule has 1 aliphatic carbocycles. The van der Waals surface area contributed by atoms with Crippen LogP contribution in [0.5, 0.6) is 0 Å². The molecule has 1 aliphatic heterocycles. The van der Waals surface area contributed by atoms with E-state index in [0.717, 1.165) is 70.7 Å². The molecule has 1 amide bonds. The van der Waals surface area contributed by atoms with Crippen LogP contribution in [-0.2, 0) is 4.79 Å². The van der Waals surface area contributed by atoms with Crippen molar-refractivity contribution in [3.63, 3.8) is 0 Å². The van der Waals surface area contributed by atoms with Crippen LogP contribution >= 0.6 is 0 Å². The lowest BCUT2D eigenvalue weighted by Crippen LogP contribution is -2.24. The minimum atomic E-state index is 0.0913. The number of fused-ring (bicyclic) bond motifs is 2. The van der Waals surface area contributed by atoms with E-state index in [1.807, 2.05) is 25.1 Å². The van der Waals surface area contributed by atoms with Gasteiger partial charge in [0.2, 0.25) is 5.91 Å². The fourth-order valence-corrected chi connectivity index (χ4v) is 4.91. The molecule has 35 heavy (non-hydrogen) atoms. The minimum Gasteiger partial charge on any atom is -0.345 e. The SMILES string of the molecule is CC1=CC=Cc2cc(-c3[nH]nc4ncc(-c5cncc(NC(=O)C6CCCCC6)c5)cc34)[nH]c2N1. The molecule has 8 nitrogen and oxygen atoms in total. The molecular weight excluding hydrogens is 438 g/mol. The van der Waals surface area contributed by atoms with Crippen LogP contribution in [0.15, 0.2) is 54.6 Å². The molecular formula is C27H27N7O. The van der Waals surface area contributed by atoms with Crippen LogP contribution in [0.1, 0.15) is 44.6 Å². The van der Waals surface area contributed by atoms with Crippen molar-refractivity contribution in [2.75, 3.05) is 10.6 Å². The van der Waals surface area contributed by atoms with Crippen LogP contribution < -0.4 is 10.6 Å². The van der Waals surface area contributed by atoms with Gasteiger partial charge in [-0.2, -0.15) is 5.10 Å². The van der Waals surface area contributed by atoms with E-state index in [1.165, 1.54) is 6.42 Å². The van der Waals surface area contributed by atoms with Crippen molar-refractivity contribution in [2.24, 2.45) is 5.92 Å². The Hall–Kier alpha value is -4.20. The molecule has 0 bridgehead atoms. The second-order valence-corrected chi connectivity index (χ2v) is 9.33. The molecule has 0 atom stereocenters. The molecule has 4 aromatic rings. The molecule has 4 N–H and O–H groups in total. The Morgan fingerprint density at radius 3 is 2.80 bits per heavy atom. The number of nitrogens with one attached hydrogen (secondary N) is 4. The average molecular weight is 466 g/mol. The minimum absolute atomic E-state index is 0.0913. The number of aromatic nitrogens is 5. The molecule has 2 aliphatic rings. The molecule has 8 heteroatoms. The number of amides is 1. The van der Waals surface area contributed by atoms with Crippen molar-refractivity contribution in [1.82, 2.24) is 25.1 Å². The highest BCUT2D eigenvalue weighted by atomic mass is 16.1. The Bertz CT molecular complexity index is 1470. The number of anilines is 2. The second kappa shape index (κ2) is 8.87. The summed E-state index contributed by atoms with van der Waals surface area (Å²) in [4.78, 5) is 25.1. The quantitative estimate of drug-likeness (QED) is 0.301. The summed E-state index contributed by atoms with van der Waals surface area (Å²) in [6, 6.07) is 6.11. The largest absolute Gasteiger partial charge is 0.345 e. The van der Waals surface area contributed by atoms with E-state index in [2.05, 4.69) is 54.0 Å². The third kappa shape index (κ3) is 4.23. The highest BCUT2D eigenvalue weighted by Crippen LogP contribution is 2.33. The Kier molecular flexibility index (Phi) is 5.41. The monoisotopic (exact) mass is 465 g/mol. The maximum absolute atomic E-state index is 12.7. The van der Waals surface area contributed by atoms with E-state index in [1.54, 1.807) is 18.6 Å². The van der Waals surface area contributed by atoms with Gasteiger partial charge in [-0.3, -0.25) is 14.9 Å². The topological polar surface area (TPSA) is 111 Å². The van der Waals surface area contributed by atoms with Crippen molar-refractivity contribution in [3.05, 3.63) is 60.2 Å². The van der Waals surface area contributed by atoms with Crippen molar-refractivity contribution in [1.29, 1.82) is 0 Å². The van der Waals surface area contributed by atoms with Crippen molar-refractivity contribution in [2.45, 2.75) is 39.0 Å². The Balaban J connectivity index is 1.30. The number of nitrogens with zero attached hydrogens (tertiary/aromatic N) is 3. The number of aromatic amines is 2. The highest BCUT2D eigenvalue weighted by molar-refractivity contribution is 5.95. The number of hydrogen-bond acceptors (Lipinski definition) is 5. The lowest BCUT2D eigenvalue weighted by atomic mass is 9.88. The zero-order valence-corrected chi connectivity index (χ0v) is 19.6. The third-order valence-electron chi connectivity index (χ3n) is 6.79. The zero-order valence-electron chi connectivity index (χ0n) is 19.6. The first-order valence-corrected chi connectivity index (χ1v) is 12.1. The first kappa shape index (κ1) is 21.3. The molecule has 0 radical (unpaired) electrons. The number of rotatable bonds is 4. The second-order valence-electron chi connectivity index (χ2n) is 9.33. The molecule has 176 valence electrons. The van der Waals surface area contributed by atoms with Gasteiger partial charge in [0.05, 0.1) is 23.3 Å². The molecule has 1 fully saturated rings. The average Bonchev–Trinajstić information content (AvgIpc) is 3.43. The first-order valence-electron chi connectivity index (χ1n) is 12.1. The summed E-state index contributed by atoms with van der Waals surface area (Å²) < 4.78 is 0. The molecule has 0 spiro atoms. The summed E-state index contributed by atoms with van der Waals surface area (Å²) in [7, 11) is 0. The smallest absolute Gasteiger partial charge is 0.227 e. The van der Waals surface area contributed by atoms with Gasteiger partial charge in [0.15, 0.2) is 5.65 Å². The maximum Gasteiger partial charge on any atom is 0.227 e. The summed E-state index contributed by atoms with van der Waals surface area (Å²) in [5.74, 6) is 1.13. The van der Waals surface area contributed by atoms with Crippen molar-refractivity contribution in [3.8, 4) is 22.5 Å². The van der Waals surface area contributed by atoms with Crippen molar-refractivity contribution < 1.29 is 4.79 Å². The molecule has 6 rings (SSSR count). The van der Waals surface area contributed by atoms with E-state index in [0.29, 0.717) is 11.3 Å². The van der Waals surface area contributed by atoms with E-state index in [4.69, 9.17) is 0 Å². The van der Waals surface area contributed by atoms with Gasteiger partial charge in [-0.05, 0) is 44.0 Å². The number of pyridine rings is 2. The van der Waals surface area contributed by atoms with Gasteiger partial charge in [0.25, 0.3) is 0 Å². The Labute approximate surface area is 203 Å². The summed E-state index contributed by atoms with van der Waals surface area (Å²) in [5, 5.41) is 14.9. The molecule has 0 saturated heterocycles. The maximum atomic E-state index is 12.7. The molecule has 4 aromatic heterocycles. The number of H-pyrrole nitrogens is 2. The third-order valence-corrected chi connectivity index (χ3v) is 6.79. The van der Waals surface area contributed by atoms with E-state index >= 15 is 0 Å². The van der Waals surface area contributed by atoms with E-state index in [9.17, 15) is 4.79 Å². The predicted octanol–water partition coefficient (Wildman–Crippen LogP) is 5.88. The van der Waals surface area contributed by atoms with Crippen LogP contribution in [0.25, 0.3) is 39.6 Å². The lowest BCUT2D eigenvalue weighted by molar-refractivity contribution is -0.120. The first-order chi connectivity index (χ1) is 17.1. The Morgan fingerprint density at radius 2 is 1.91 bits per heavy atom. The fraction of sp³-hybridized carbons (Fsp3) is 0.259. The van der Waals surface area contributed by atoms with Crippen LogP contribution in [0.4, 0.5) is 11.5 Å². The lowest BCUT2D eigenvalue weighted by Gasteiger charge is -2.20. The number of hydrogen-bond donors (Lipinski definition) is 4. The van der Waals surface area contributed by atoms with E-state index < -0.39 is 0 Å². The van der Waals surface area contributed by atoms with Gasteiger partial charge in [-0.25, -0.2) is 4.98 Å². The Morgan fingerprint density at radius 1 is 1.06 bits per heavy atom. The van der Waals surface area contributed by atoms with Gasteiger partial charge in [0.1, 0.15) is 5.82 Å². The molecule has 0 unspecified atom stereocenters. The predicted molar refractivity (Wildman–Crippen MR) is 139 cm³/mol. The van der Waals surface area contributed by atoms with Gasteiger partial charge in [0, 0.05) is 46.1 Å². The van der Waals surface area contributed by atoms with Crippen LogP contribution in [0, 0.1) is 5.92 Å². The number of allylic oxidation sites excluding steroid dienone is 3. The zero-order chi connectivity index (χ0) is 23.8. The standard InChI is InChI=1S/C27H27N7O/c1-16-6-5-9-18-12-23(32-25(18)30-16)24-22-11-20(14-29-26(22)34-33-24)19-10-21(15-28-13-19)31-27(35)17-7-3-2-4-8-17/h5-6,9-15,17,30,32H,2-4,7-8H2,1H3,(H,31,35)(H,29,33,34). The number of carbonyl (C=O) groups is 1. The van der Waals surface area contributed by atoms with Crippen LogP contribution in [0.2, 0.25) is 0 Å². The van der Waals surface area contributed by atoms with Gasteiger partial charge in [-0.1, -0.05) is 31.4 Å². The molecule has 5 heterocycles. The van der Waals surface area contributed by atoms with E-state index in [-0.39, 0.29) is 11.8 Å². The fourth-order valence-electron chi connectivity index (χ4n) is 4.91. The van der Waals surface area contributed by atoms with Gasteiger partial charge < -0.3 is 15.6 Å². The van der Waals surface area contributed by atoms with Gasteiger partial charge in [-0.15, -0.1) is 0 Å². The summed E-state index contributed by atoms with van der Waals surface area (Å²) in [6.07, 6.45) is 16.8. The summed E-state index contributed by atoms with van der Waals surface area (Å²) in [5.41, 5.74) is 7.08. The van der Waals surface area contributed by atoms with Crippen LogP contribution in [-0.4, -0.2) is 31.1 Å². The van der Waals surface area contributed by atoms with Crippen LogP contribution in [0.3, 0.4) is 0 Å². The summed E-state index contributed by atoms with van der Waals surface area (Å²) >= 11 is 0. The summed E-state index contributed by atoms with van der Waals surface area (Å²) in [6.45, 7) is 2.03. The molecule has 0 aromatic carbocycles. The normalized spacial score (nSPS) is 15.9. The highest BCUT2D eigenvalue weighted by Gasteiger charge is 2.21.